The third-order valence-corrected chi connectivity index (χ3v) is 3.01. The SMILES string of the molecule is CCCCC[NH3+].Cc1ccc(S(=O)(=O)[O-])cc1. The Bertz CT molecular complexity index is 394. The zero-order chi connectivity index (χ0) is 13.3. The molecule has 4 nitrogen and oxygen atoms in total. The lowest BCUT2D eigenvalue weighted by Gasteiger charge is -2.05. The third kappa shape index (κ3) is 7.90. The van der Waals surface area contributed by atoms with Gasteiger partial charge in [-0.2, -0.15) is 0 Å². The summed E-state index contributed by atoms with van der Waals surface area (Å²) in [6.45, 7) is 5.13. The summed E-state index contributed by atoms with van der Waals surface area (Å²) in [5, 5.41) is 0. The first-order valence-corrected chi connectivity index (χ1v) is 7.14. The van der Waals surface area contributed by atoms with Crippen molar-refractivity contribution >= 4 is 10.1 Å². The van der Waals surface area contributed by atoms with Crippen LogP contribution in [0.3, 0.4) is 0 Å². The first kappa shape index (κ1) is 16.1. The standard InChI is InChI=1S/C7H8O3S.C5H13N/c1-6-2-4-7(5-3-6)11(8,9)10;1-2-3-4-5-6/h2-5H,1H3,(H,8,9,10);2-6H2,1H3. The van der Waals surface area contributed by atoms with Crippen molar-refractivity contribution < 1.29 is 18.7 Å². The molecule has 0 aliphatic carbocycles. The van der Waals surface area contributed by atoms with Gasteiger partial charge in [-0.05, 0) is 31.9 Å². The van der Waals surface area contributed by atoms with Gasteiger partial charge in [-0.15, -0.1) is 0 Å². The Morgan fingerprint density at radius 2 is 1.71 bits per heavy atom. The highest BCUT2D eigenvalue weighted by molar-refractivity contribution is 7.85. The van der Waals surface area contributed by atoms with E-state index in [-0.39, 0.29) is 4.90 Å². The van der Waals surface area contributed by atoms with Crippen molar-refractivity contribution in [1.82, 2.24) is 0 Å². The number of hydrogen-bond donors (Lipinski definition) is 1. The van der Waals surface area contributed by atoms with Crippen molar-refractivity contribution in [2.45, 2.75) is 38.0 Å². The van der Waals surface area contributed by atoms with Gasteiger partial charge in [0.1, 0.15) is 10.1 Å². The molecule has 0 aliphatic heterocycles. The Hall–Kier alpha value is -0.910. The van der Waals surface area contributed by atoms with E-state index in [2.05, 4.69) is 12.7 Å². The third-order valence-electron chi connectivity index (χ3n) is 2.16. The molecule has 1 rings (SSSR count). The van der Waals surface area contributed by atoms with Gasteiger partial charge < -0.3 is 10.3 Å². The van der Waals surface area contributed by atoms with Crippen molar-refractivity contribution in [1.29, 1.82) is 0 Å². The van der Waals surface area contributed by atoms with Crippen LogP contribution in [0.4, 0.5) is 0 Å². The zero-order valence-electron chi connectivity index (χ0n) is 10.5. The molecule has 0 unspecified atom stereocenters. The van der Waals surface area contributed by atoms with Gasteiger partial charge in [0, 0.05) is 0 Å². The van der Waals surface area contributed by atoms with Gasteiger partial charge in [0.15, 0.2) is 0 Å². The van der Waals surface area contributed by atoms with Crippen LogP contribution in [0, 0.1) is 6.92 Å². The molecule has 0 amide bonds. The van der Waals surface area contributed by atoms with Crippen LogP contribution in [0.5, 0.6) is 0 Å². The largest absolute Gasteiger partial charge is 0.744 e. The quantitative estimate of drug-likeness (QED) is 0.653. The molecule has 1 aromatic rings. The Balaban J connectivity index is 0.000000366. The first-order chi connectivity index (χ1) is 7.91. The van der Waals surface area contributed by atoms with Crippen LogP contribution in [0.25, 0.3) is 0 Å². The highest BCUT2D eigenvalue weighted by Crippen LogP contribution is 2.08. The summed E-state index contributed by atoms with van der Waals surface area (Å²) >= 11 is 0. The smallest absolute Gasteiger partial charge is 0.124 e. The average Bonchev–Trinajstić information content (AvgIpc) is 2.26. The Labute approximate surface area is 104 Å². The van der Waals surface area contributed by atoms with E-state index in [9.17, 15) is 13.0 Å². The van der Waals surface area contributed by atoms with E-state index in [1.165, 1.54) is 31.4 Å². The van der Waals surface area contributed by atoms with Gasteiger partial charge >= 0.3 is 0 Å². The molecule has 0 bridgehead atoms. The topological polar surface area (TPSA) is 84.8 Å². The second kappa shape index (κ2) is 8.22. The summed E-state index contributed by atoms with van der Waals surface area (Å²) in [5.41, 5.74) is 4.65. The van der Waals surface area contributed by atoms with Crippen LogP contribution in [0.2, 0.25) is 0 Å². The number of quaternary nitrogens is 1. The highest BCUT2D eigenvalue weighted by Gasteiger charge is 1.97. The molecule has 0 radical (unpaired) electrons. The average molecular weight is 259 g/mol. The molecular formula is C12H21NO3S. The van der Waals surface area contributed by atoms with Gasteiger partial charge in [0.05, 0.1) is 11.4 Å². The molecule has 0 atom stereocenters. The number of hydrogen-bond acceptors (Lipinski definition) is 3. The van der Waals surface area contributed by atoms with Gasteiger partial charge in [0.2, 0.25) is 0 Å². The molecule has 5 heteroatoms. The van der Waals surface area contributed by atoms with E-state index in [0.29, 0.717) is 0 Å². The lowest BCUT2D eigenvalue weighted by Crippen LogP contribution is -2.49. The van der Waals surface area contributed by atoms with Crippen LogP contribution in [-0.2, 0) is 10.1 Å². The van der Waals surface area contributed by atoms with Crippen LogP contribution in [0.1, 0.15) is 31.7 Å². The van der Waals surface area contributed by atoms with Crippen molar-refractivity contribution in [3.63, 3.8) is 0 Å². The predicted molar refractivity (Wildman–Crippen MR) is 66.4 cm³/mol. The molecule has 1 aromatic carbocycles. The molecule has 0 spiro atoms. The van der Waals surface area contributed by atoms with E-state index in [1.54, 1.807) is 12.1 Å². The predicted octanol–water partition coefficient (Wildman–Crippen LogP) is 1.32. The molecule has 0 fully saturated rings. The number of rotatable bonds is 4. The molecule has 0 aliphatic rings. The fraction of sp³-hybridized carbons (Fsp3) is 0.500. The molecule has 98 valence electrons. The minimum Gasteiger partial charge on any atom is -0.744 e. The monoisotopic (exact) mass is 259 g/mol. The van der Waals surface area contributed by atoms with Gasteiger partial charge in [0.25, 0.3) is 0 Å². The fourth-order valence-electron chi connectivity index (χ4n) is 1.13. The van der Waals surface area contributed by atoms with E-state index >= 15 is 0 Å². The fourth-order valence-corrected chi connectivity index (χ4v) is 1.60. The van der Waals surface area contributed by atoms with Crippen molar-refractivity contribution in [2.24, 2.45) is 0 Å². The van der Waals surface area contributed by atoms with Crippen LogP contribution in [-0.4, -0.2) is 19.5 Å². The number of unbranched alkanes of at least 4 members (excludes halogenated alkanes) is 2. The number of aryl methyl sites for hydroxylation is 1. The second-order valence-corrected chi connectivity index (χ2v) is 5.21. The molecule has 0 saturated carbocycles. The summed E-state index contributed by atoms with van der Waals surface area (Å²) in [5.74, 6) is 0. The van der Waals surface area contributed by atoms with Crippen molar-refractivity contribution in [3.05, 3.63) is 29.8 Å². The molecule has 17 heavy (non-hydrogen) atoms. The van der Waals surface area contributed by atoms with E-state index < -0.39 is 10.1 Å². The minimum absolute atomic E-state index is 0.178. The number of benzene rings is 1. The van der Waals surface area contributed by atoms with E-state index in [1.807, 2.05) is 6.92 Å². The maximum absolute atomic E-state index is 10.4. The van der Waals surface area contributed by atoms with Crippen LogP contribution >= 0.6 is 0 Å². The molecule has 0 saturated heterocycles. The molecule has 0 heterocycles. The lowest BCUT2D eigenvalue weighted by atomic mass is 10.2. The summed E-state index contributed by atoms with van der Waals surface area (Å²) in [4.78, 5) is -0.178. The summed E-state index contributed by atoms with van der Waals surface area (Å²) in [6, 6.07) is 5.78. The maximum atomic E-state index is 10.4. The Kier molecular flexibility index (Phi) is 7.78. The second-order valence-electron chi connectivity index (χ2n) is 3.83. The zero-order valence-corrected chi connectivity index (χ0v) is 11.3. The summed E-state index contributed by atoms with van der Waals surface area (Å²) in [6.07, 6.45) is 3.97. The van der Waals surface area contributed by atoms with Crippen molar-refractivity contribution in [3.8, 4) is 0 Å². The summed E-state index contributed by atoms with van der Waals surface area (Å²) < 4.78 is 31.2. The first-order valence-electron chi connectivity index (χ1n) is 5.73. The van der Waals surface area contributed by atoms with Crippen molar-refractivity contribution in [2.75, 3.05) is 6.54 Å². The van der Waals surface area contributed by atoms with Gasteiger partial charge in [-0.25, -0.2) is 8.42 Å². The van der Waals surface area contributed by atoms with Crippen LogP contribution in [0.15, 0.2) is 29.2 Å². The minimum atomic E-state index is -4.27. The molecule has 3 N–H and O–H groups in total. The Morgan fingerprint density at radius 3 is 2.00 bits per heavy atom. The Morgan fingerprint density at radius 1 is 1.18 bits per heavy atom. The van der Waals surface area contributed by atoms with E-state index in [4.69, 9.17) is 0 Å². The summed E-state index contributed by atoms with van der Waals surface area (Å²) in [7, 11) is -4.27. The normalized spacial score (nSPS) is 10.6. The van der Waals surface area contributed by atoms with E-state index in [0.717, 1.165) is 12.1 Å². The molecule has 0 aromatic heterocycles. The lowest BCUT2D eigenvalue weighted by molar-refractivity contribution is -0.368. The van der Waals surface area contributed by atoms with Gasteiger partial charge in [-0.1, -0.05) is 31.0 Å². The van der Waals surface area contributed by atoms with Gasteiger partial charge in [-0.3, -0.25) is 0 Å². The maximum Gasteiger partial charge on any atom is 0.124 e. The van der Waals surface area contributed by atoms with Crippen LogP contribution < -0.4 is 5.73 Å². The highest BCUT2D eigenvalue weighted by atomic mass is 32.2. The molecular weight excluding hydrogens is 238 g/mol.